The van der Waals surface area contributed by atoms with Crippen molar-refractivity contribution in [2.24, 2.45) is 5.92 Å². The van der Waals surface area contributed by atoms with Crippen molar-refractivity contribution in [1.82, 2.24) is 5.32 Å². The lowest BCUT2D eigenvalue weighted by molar-refractivity contribution is -0.144. The first-order valence-corrected chi connectivity index (χ1v) is 14.1. The number of hydrogen-bond donors (Lipinski definition) is 3. The van der Waals surface area contributed by atoms with Crippen LogP contribution in [0.15, 0.2) is 48.5 Å². The number of ether oxygens (including phenoxy) is 2. The van der Waals surface area contributed by atoms with Crippen molar-refractivity contribution in [3.8, 4) is 16.2 Å². The lowest BCUT2D eigenvalue weighted by Crippen LogP contribution is -2.47. The Hall–Kier alpha value is -3.27. The second-order valence-corrected chi connectivity index (χ2v) is 11.0. The SMILES string of the molecule is COC(=O)[C@@H](NC(=O)c1cc(-c2cccc(OC)c2)sc1NC(=O)Nc1c(Cl)cccc1Cl)C1CCCCC1. The smallest absolute Gasteiger partial charge is 0.328 e. The molecule has 0 saturated heterocycles. The van der Waals surface area contributed by atoms with E-state index in [9.17, 15) is 14.4 Å². The molecular formula is C28H29Cl2N3O5S. The molecule has 2 aromatic carbocycles. The van der Waals surface area contributed by atoms with E-state index in [0.29, 0.717) is 10.8 Å². The van der Waals surface area contributed by atoms with E-state index in [-0.39, 0.29) is 27.2 Å². The number of para-hydroxylation sites is 1. The Labute approximate surface area is 241 Å². The van der Waals surface area contributed by atoms with Crippen LogP contribution in [0.3, 0.4) is 0 Å². The Balaban J connectivity index is 1.65. The van der Waals surface area contributed by atoms with Crippen LogP contribution in [-0.2, 0) is 9.53 Å². The summed E-state index contributed by atoms with van der Waals surface area (Å²) in [7, 11) is 2.88. The van der Waals surface area contributed by atoms with Gasteiger partial charge in [-0.3, -0.25) is 10.1 Å². The van der Waals surface area contributed by atoms with Gasteiger partial charge in [-0.2, -0.15) is 0 Å². The average Bonchev–Trinajstić information content (AvgIpc) is 3.37. The van der Waals surface area contributed by atoms with Crippen LogP contribution in [0.5, 0.6) is 5.75 Å². The molecule has 3 N–H and O–H groups in total. The van der Waals surface area contributed by atoms with Crippen LogP contribution < -0.4 is 20.7 Å². The van der Waals surface area contributed by atoms with Gasteiger partial charge in [-0.1, -0.05) is 60.7 Å². The van der Waals surface area contributed by atoms with Gasteiger partial charge in [-0.15, -0.1) is 11.3 Å². The number of esters is 1. The minimum absolute atomic E-state index is 0.0197. The molecule has 11 heteroatoms. The number of amides is 3. The summed E-state index contributed by atoms with van der Waals surface area (Å²) in [6, 6.07) is 12.5. The second kappa shape index (κ2) is 13.2. The van der Waals surface area contributed by atoms with E-state index in [0.717, 1.165) is 42.5 Å². The molecule has 1 aromatic heterocycles. The Kier molecular flexibility index (Phi) is 9.72. The molecule has 1 atom stereocenters. The quantitative estimate of drug-likeness (QED) is 0.240. The highest BCUT2D eigenvalue weighted by atomic mass is 35.5. The summed E-state index contributed by atoms with van der Waals surface area (Å²) in [6.45, 7) is 0. The molecule has 1 saturated carbocycles. The molecule has 8 nitrogen and oxygen atoms in total. The van der Waals surface area contributed by atoms with Crippen LogP contribution in [-0.4, -0.2) is 38.2 Å². The van der Waals surface area contributed by atoms with E-state index in [2.05, 4.69) is 16.0 Å². The highest BCUT2D eigenvalue weighted by Gasteiger charge is 2.33. The zero-order valence-electron chi connectivity index (χ0n) is 21.5. The molecule has 0 radical (unpaired) electrons. The van der Waals surface area contributed by atoms with Gasteiger partial charge in [-0.25, -0.2) is 9.59 Å². The number of anilines is 2. The number of carbonyl (C=O) groups excluding carboxylic acids is 3. The van der Waals surface area contributed by atoms with E-state index in [1.54, 1.807) is 31.4 Å². The number of rotatable bonds is 8. The molecule has 0 unspecified atom stereocenters. The van der Waals surface area contributed by atoms with Crippen LogP contribution in [0, 0.1) is 5.92 Å². The zero-order valence-corrected chi connectivity index (χ0v) is 23.8. The van der Waals surface area contributed by atoms with Gasteiger partial charge in [0.15, 0.2) is 0 Å². The number of halogens is 2. The van der Waals surface area contributed by atoms with Crippen LogP contribution in [0.1, 0.15) is 42.5 Å². The molecule has 4 rings (SSSR count). The fourth-order valence-corrected chi connectivity index (χ4v) is 6.16. The summed E-state index contributed by atoms with van der Waals surface area (Å²) < 4.78 is 10.4. The molecule has 206 valence electrons. The summed E-state index contributed by atoms with van der Waals surface area (Å²) in [5, 5.41) is 9.11. The molecule has 0 aliphatic heterocycles. The predicted molar refractivity (Wildman–Crippen MR) is 155 cm³/mol. The first-order chi connectivity index (χ1) is 18.8. The molecule has 3 aromatic rings. The molecule has 1 aliphatic carbocycles. The van der Waals surface area contributed by atoms with Gasteiger partial charge in [0.05, 0.1) is 35.5 Å². The fourth-order valence-electron chi connectivity index (χ4n) is 4.62. The standard InChI is InChI=1S/C28H29Cl2N3O5S/c1-37-18-11-6-10-17(14-18)22-15-19(25(34)31-23(27(35)38-2)16-8-4-3-5-9-16)26(39-22)33-28(36)32-24-20(29)12-7-13-21(24)30/h6-7,10-16,23H,3-5,8-9H2,1-2H3,(H,31,34)(H2,32,33,36)/t23-/m0/s1. The van der Waals surface area contributed by atoms with Crippen molar-refractivity contribution in [2.75, 3.05) is 24.9 Å². The number of carbonyl (C=O) groups is 3. The van der Waals surface area contributed by atoms with Gasteiger partial charge in [0.25, 0.3) is 5.91 Å². The number of thiophene rings is 1. The van der Waals surface area contributed by atoms with Crippen LogP contribution in [0.25, 0.3) is 10.4 Å². The lowest BCUT2D eigenvalue weighted by Gasteiger charge is -2.29. The average molecular weight is 591 g/mol. The molecule has 0 bridgehead atoms. The molecule has 1 heterocycles. The number of nitrogens with one attached hydrogen (secondary N) is 3. The molecule has 1 aliphatic rings. The maximum absolute atomic E-state index is 13.6. The highest BCUT2D eigenvalue weighted by Crippen LogP contribution is 2.38. The van der Waals surface area contributed by atoms with Crippen LogP contribution in [0.2, 0.25) is 10.0 Å². The Bertz CT molecular complexity index is 1340. The Morgan fingerprint density at radius 1 is 0.949 bits per heavy atom. The molecule has 3 amide bonds. The molecule has 0 spiro atoms. The first-order valence-electron chi connectivity index (χ1n) is 12.5. The maximum atomic E-state index is 13.6. The van der Waals surface area contributed by atoms with Crippen LogP contribution in [0.4, 0.5) is 15.5 Å². The molecule has 39 heavy (non-hydrogen) atoms. The van der Waals surface area contributed by atoms with E-state index in [4.69, 9.17) is 32.7 Å². The third kappa shape index (κ3) is 7.03. The normalized spacial score (nSPS) is 14.3. The van der Waals surface area contributed by atoms with Gasteiger partial charge in [0, 0.05) is 4.88 Å². The Morgan fingerprint density at radius 3 is 2.31 bits per heavy atom. The van der Waals surface area contributed by atoms with Crippen molar-refractivity contribution in [3.05, 3.63) is 64.1 Å². The number of methoxy groups -OCH3 is 2. The number of benzene rings is 2. The minimum atomic E-state index is -0.786. The van der Waals surface area contributed by atoms with Crippen molar-refractivity contribution < 1.29 is 23.9 Å². The van der Waals surface area contributed by atoms with Crippen molar-refractivity contribution in [2.45, 2.75) is 38.1 Å². The van der Waals surface area contributed by atoms with Gasteiger partial charge in [0.2, 0.25) is 0 Å². The molecule has 1 fully saturated rings. The minimum Gasteiger partial charge on any atom is -0.497 e. The second-order valence-electron chi connectivity index (χ2n) is 9.13. The molecular weight excluding hydrogens is 561 g/mol. The summed E-state index contributed by atoms with van der Waals surface area (Å²) in [5.41, 5.74) is 1.26. The largest absolute Gasteiger partial charge is 0.497 e. The zero-order chi connectivity index (χ0) is 27.9. The van der Waals surface area contributed by atoms with E-state index >= 15 is 0 Å². The summed E-state index contributed by atoms with van der Waals surface area (Å²) in [4.78, 5) is 39.9. The van der Waals surface area contributed by atoms with Crippen molar-refractivity contribution in [1.29, 1.82) is 0 Å². The van der Waals surface area contributed by atoms with Gasteiger partial charge >= 0.3 is 12.0 Å². The summed E-state index contributed by atoms with van der Waals surface area (Å²) >= 11 is 13.6. The van der Waals surface area contributed by atoms with Crippen LogP contribution >= 0.6 is 34.5 Å². The topological polar surface area (TPSA) is 106 Å². The van der Waals surface area contributed by atoms with Crippen molar-refractivity contribution in [3.63, 3.8) is 0 Å². The van der Waals surface area contributed by atoms with Gasteiger partial charge in [-0.05, 0) is 54.7 Å². The van der Waals surface area contributed by atoms with Gasteiger partial charge in [0.1, 0.15) is 16.8 Å². The number of urea groups is 1. The van der Waals surface area contributed by atoms with E-state index in [1.165, 1.54) is 18.4 Å². The van der Waals surface area contributed by atoms with Crippen molar-refractivity contribution >= 4 is 63.1 Å². The fraction of sp³-hybridized carbons (Fsp3) is 0.321. The third-order valence-electron chi connectivity index (χ3n) is 6.62. The third-order valence-corrected chi connectivity index (χ3v) is 8.35. The first kappa shape index (κ1) is 28.7. The lowest BCUT2D eigenvalue weighted by atomic mass is 9.83. The summed E-state index contributed by atoms with van der Waals surface area (Å²) in [6.07, 6.45) is 4.73. The summed E-state index contributed by atoms with van der Waals surface area (Å²) in [5.74, 6) is -0.351. The highest BCUT2D eigenvalue weighted by molar-refractivity contribution is 7.20. The maximum Gasteiger partial charge on any atom is 0.328 e. The number of hydrogen-bond acceptors (Lipinski definition) is 6. The van der Waals surface area contributed by atoms with E-state index in [1.807, 2.05) is 24.3 Å². The predicted octanol–water partition coefficient (Wildman–Crippen LogP) is 7.23. The monoisotopic (exact) mass is 589 g/mol. The van der Waals surface area contributed by atoms with E-state index < -0.39 is 23.9 Å². The Morgan fingerprint density at radius 2 is 1.64 bits per heavy atom. The van der Waals surface area contributed by atoms with Gasteiger partial charge < -0.3 is 20.1 Å².